The minimum Gasteiger partial charge on any atom is -0.484 e. The lowest BCUT2D eigenvalue weighted by Crippen LogP contribution is -2.37. The van der Waals surface area contributed by atoms with Gasteiger partial charge in [0.2, 0.25) is 10.0 Å². The van der Waals surface area contributed by atoms with Gasteiger partial charge in [-0.25, -0.2) is 8.42 Å². The lowest BCUT2D eigenvalue weighted by Gasteiger charge is -2.29. The Labute approximate surface area is 149 Å². The van der Waals surface area contributed by atoms with E-state index < -0.39 is 10.0 Å². The van der Waals surface area contributed by atoms with Crippen molar-refractivity contribution in [3.63, 3.8) is 0 Å². The molecule has 2 aliphatic rings. The number of piperidine rings is 1. The quantitative estimate of drug-likeness (QED) is 0.800. The topological polar surface area (TPSA) is 66.9 Å². The van der Waals surface area contributed by atoms with Gasteiger partial charge in [-0.3, -0.25) is 4.79 Å². The zero-order valence-electron chi connectivity index (χ0n) is 14.7. The van der Waals surface area contributed by atoms with Crippen molar-refractivity contribution in [3.8, 4) is 5.75 Å². The summed E-state index contributed by atoms with van der Waals surface area (Å²) in [6.45, 7) is 4.90. The van der Waals surface area contributed by atoms with Crippen LogP contribution in [0.15, 0.2) is 29.2 Å². The van der Waals surface area contributed by atoms with E-state index in [0.29, 0.717) is 24.8 Å². The molecule has 0 radical (unpaired) electrons. The second-order valence-electron chi connectivity index (χ2n) is 6.93. The maximum atomic E-state index is 12.7. The Morgan fingerprint density at radius 2 is 1.68 bits per heavy atom. The van der Waals surface area contributed by atoms with E-state index in [1.165, 1.54) is 0 Å². The van der Waals surface area contributed by atoms with Gasteiger partial charge in [0.15, 0.2) is 6.61 Å². The van der Waals surface area contributed by atoms with E-state index in [4.69, 9.17) is 4.74 Å². The van der Waals surface area contributed by atoms with Gasteiger partial charge in [0, 0.05) is 26.2 Å². The third-order valence-corrected chi connectivity index (χ3v) is 6.94. The monoisotopic (exact) mass is 366 g/mol. The summed E-state index contributed by atoms with van der Waals surface area (Å²) in [7, 11) is -3.44. The summed E-state index contributed by atoms with van der Waals surface area (Å²) < 4.78 is 32.4. The summed E-state index contributed by atoms with van der Waals surface area (Å²) in [5.74, 6) is 1.07. The number of hydrogen-bond acceptors (Lipinski definition) is 4. The van der Waals surface area contributed by atoms with E-state index >= 15 is 0 Å². The molecule has 1 amide bonds. The number of likely N-dealkylation sites (tertiary alicyclic amines) is 1. The first-order valence-corrected chi connectivity index (χ1v) is 10.4. The Kier molecular flexibility index (Phi) is 5.64. The lowest BCUT2D eigenvalue weighted by molar-refractivity contribution is -0.132. The first-order valence-electron chi connectivity index (χ1n) is 8.97. The second kappa shape index (κ2) is 7.74. The van der Waals surface area contributed by atoms with Crippen LogP contribution in [0.25, 0.3) is 0 Å². The van der Waals surface area contributed by atoms with Crippen molar-refractivity contribution < 1.29 is 17.9 Å². The molecule has 0 atom stereocenters. The Morgan fingerprint density at radius 3 is 2.28 bits per heavy atom. The van der Waals surface area contributed by atoms with Crippen LogP contribution in [0.5, 0.6) is 5.75 Å². The van der Waals surface area contributed by atoms with E-state index in [2.05, 4.69) is 6.92 Å². The van der Waals surface area contributed by atoms with Crippen molar-refractivity contribution in [1.29, 1.82) is 0 Å². The molecule has 2 fully saturated rings. The van der Waals surface area contributed by atoms with Gasteiger partial charge in [0.25, 0.3) is 5.91 Å². The molecule has 0 N–H and O–H groups in total. The number of hydrogen-bond donors (Lipinski definition) is 0. The van der Waals surface area contributed by atoms with Crippen molar-refractivity contribution in [2.24, 2.45) is 5.92 Å². The Morgan fingerprint density at radius 1 is 1.08 bits per heavy atom. The van der Waals surface area contributed by atoms with E-state index in [1.807, 2.05) is 0 Å². The molecule has 2 heterocycles. The van der Waals surface area contributed by atoms with Gasteiger partial charge in [-0.05, 0) is 55.9 Å². The van der Waals surface area contributed by atoms with Crippen LogP contribution in [-0.2, 0) is 14.8 Å². The van der Waals surface area contributed by atoms with Crippen LogP contribution in [-0.4, -0.2) is 56.3 Å². The second-order valence-corrected chi connectivity index (χ2v) is 8.87. The van der Waals surface area contributed by atoms with E-state index in [9.17, 15) is 13.2 Å². The van der Waals surface area contributed by atoms with Crippen LogP contribution in [0.3, 0.4) is 0 Å². The summed E-state index contributed by atoms with van der Waals surface area (Å²) in [6.07, 6.45) is 3.90. The van der Waals surface area contributed by atoms with Crippen LogP contribution in [0, 0.1) is 5.92 Å². The summed E-state index contributed by atoms with van der Waals surface area (Å²) >= 11 is 0. The molecule has 0 saturated carbocycles. The van der Waals surface area contributed by atoms with Gasteiger partial charge in [-0.15, -0.1) is 0 Å². The van der Waals surface area contributed by atoms with Crippen molar-refractivity contribution in [1.82, 2.24) is 9.21 Å². The number of sulfonamides is 1. The number of nitrogens with zero attached hydrogens (tertiary/aromatic N) is 2. The van der Waals surface area contributed by atoms with Crippen LogP contribution < -0.4 is 4.74 Å². The molecular weight excluding hydrogens is 340 g/mol. The van der Waals surface area contributed by atoms with Gasteiger partial charge in [-0.2, -0.15) is 4.31 Å². The average Bonchev–Trinajstić information content (AvgIpc) is 3.15. The van der Waals surface area contributed by atoms with Crippen molar-refractivity contribution in [2.45, 2.75) is 37.5 Å². The highest BCUT2D eigenvalue weighted by Crippen LogP contribution is 2.24. The fourth-order valence-corrected chi connectivity index (χ4v) is 4.75. The molecule has 2 aliphatic heterocycles. The highest BCUT2D eigenvalue weighted by atomic mass is 32.2. The summed E-state index contributed by atoms with van der Waals surface area (Å²) in [5.41, 5.74) is 0. The number of rotatable bonds is 5. The van der Waals surface area contributed by atoms with Crippen molar-refractivity contribution >= 4 is 15.9 Å². The molecule has 138 valence electrons. The van der Waals surface area contributed by atoms with Crippen LogP contribution in [0.1, 0.15) is 32.6 Å². The predicted molar refractivity (Wildman–Crippen MR) is 94.9 cm³/mol. The highest BCUT2D eigenvalue weighted by molar-refractivity contribution is 7.89. The smallest absolute Gasteiger partial charge is 0.260 e. The Balaban J connectivity index is 1.58. The standard InChI is InChI=1S/C18H26N2O4S/c1-15-8-12-20(13-9-15)25(22,23)17-6-4-16(5-7-17)24-14-18(21)19-10-2-3-11-19/h4-7,15H,2-3,8-14H2,1H3. The zero-order chi connectivity index (χ0) is 17.9. The lowest BCUT2D eigenvalue weighted by atomic mass is 10.0. The maximum absolute atomic E-state index is 12.7. The minimum absolute atomic E-state index is 0.00386. The van der Waals surface area contributed by atoms with Crippen LogP contribution >= 0.6 is 0 Å². The molecule has 0 aromatic heterocycles. The number of benzene rings is 1. The number of ether oxygens (including phenoxy) is 1. The predicted octanol–water partition coefficient (Wildman–Crippen LogP) is 2.11. The zero-order valence-corrected chi connectivity index (χ0v) is 15.5. The van der Waals surface area contributed by atoms with Crippen LogP contribution in [0.4, 0.5) is 0 Å². The fourth-order valence-electron chi connectivity index (χ4n) is 3.29. The first-order chi connectivity index (χ1) is 12.0. The van der Waals surface area contributed by atoms with Gasteiger partial charge < -0.3 is 9.64 Å². The summed E-state index contributed by atoms with van der Waals surface area (Å²) in [4.78, 5) is 14.1. The van der Waals surface area contributed by atoms with Gasteiger partial charge in [0.05, 0.1) is 4.90 Å². The molecule has 25 heavy (non-hydrogen) atoms. The maximum Gasteiger partial charge on any atom is 0.260 e. The van der Waals surface area contributed by atoms with E-state index in [-0.39, 0.29) is 17.4 Å². The number of amides is 1. The summed E-state index contributed by atoms with van der Waals surface area (Å²) in [6, 6.07) is 6.36. The highest BCUT2D eigenvalue weighted by Gasteiger charge is 2.28. The molecule has 7 heteroatoms. The largest absolute Gasteiger partial charge is 0.484 e. The van der Waals surface area contributed by atoms with E-state index in [1.54, 1.807) is 33.5 Å². The van der Waals surface area contributed by atoms with Gasteiger partial charge in [-0.1, -0.05) is 6.92 Å². The molecule has 0 bridgehead atoms. The molecule has 0 unspecified atom stereocenters. The van der Waals surface area contributed by atoms with E-state index in [0.717, 1.165) is 38.8 Å². The minimum atomic E-state index is -3.44. The number of carbonyl (C=O) groups excluding carboxylic acids is 1. The normalized spacial score (nSPS) is 20.0. The molecule has 6 nitrogen and oxygen atoms in total. The average molecular weight is 366 g/mol. The molecule has 1 aromatic rings. The summed E-state index contributed by atoms with van der Waals surface area (Å²) in [5, 5.41) is 0. The van der Waals surface area contributed by atoms with Crippen LogP contribution in [0.2, 0.25) is 0 Å². The SMILES string of the molecule is CC1CCN(S(=O)(=O)c2ccc(OCC(=O)N3CCCC3)cc2)CC1. The molecule has 2 saturated heterocycles. The molecule has 0 aliphatic carbocycles. The van der Waals surface area contributed by atoms with Crippen molar-refractivity contribution in [3.05, 3.63) is 24.3 Å². The third kappa shape index (κ3) is 4.33. The molecule has 0 spiro atoms. The van der Waals surface area contributed by atoms with Gasteiger partial charge >= 0.3 is 0 Å². The van der Waals surface area contributed by atoms with Crippen molar-refractivity contribution in [2.75, 3.05) is 32.8 Å². The fraction of sp³-hybridized carbons (Fsp3) is 0.611. The molecule has 3 rings (SSSR count). The third-order valence-electron chi connectivity index (χ3n) is 5.03. The van der Waals surface area contributed by atoms with Gasteiger partial charge in [0.1, 0.15) is 5.75 Å². The Bertz CT molecular complexity index is 688. The molecule has 1 aromatic carbocycles. The Hall–Kier alpha value is -1.60. The first kappa shape index (κ1) is 18.2. The number of carbonyl (C=O) groups is 1. The molecular formula is C18H26N2O4S.